The maximum absolute atomic E-state index is 10.8. The number of allylic oxidation sites excluding steroid dienone is 2. The molecule has 0 N–H and O–H groups in total. The second-order valence-corrected chi connectivity index (χ2v) is 5.84. The highest BCUT2D eigenvalue weighted by molar-refractivity contribution is 6.67. The van der Waals surface area contributed by atoms with E-state index in [1.165, 1.54) is 0 Å². The second-order valence-electron chi connectivity index (χ2n) is 3.57. The van der Waals surface area contributed by atoms with E-state index in [0.29, 0.717) is 11.1 Å². The molecule has 1 rings (SSSR count). The zero-order valence-corrected chi connectivity index (χ0v) is 11.7. The van der Waals surface area contributed by atoms with Crippen LogP contribution < -0.4 is 4.74 Å². The first kappa shape index (κ1) is 13.7. The van der Waals surface area contributed by atoms with Crippen LogP contribution in [0.15, 0.2) is 49.6 Å². The monoisotopic (exact) mass is 266 g/mol. The molecule has 0 radical (unpaired) electrons. The van der Waals surface area contributed by atoms with Crippen LogP contribution in [0.25, 0.3) is 0 Å². The topological polar surface area (TPSA) is 26.3 Å². The molecule has 0 amide bonds. The molecule has 90 valence electrons. The Labute approximate surface area is 109 Å². The third-order valence-electron chi connectivity index (χ3n) is 2.41. The number of rotatable bonds is 7. The standard InChI is InChI=1S/C13H15ClO2Si/c1-3-12(4-2)17-9-16-11-7-5-10(6-8-11)13(14)15/h3-8,12H,1-2,9,17H2. The Bertz CT molecular complexity index is 392. The lowest BCUT2D eigenvalue weighted by atomic mass is 10.2. The first-order chi connectivity index (χ1) is 8.17. The van der Waals surface area contributed by atoms with Crippen molar-refractivity contribution in [2.45, 2.75) is 5.54 Å². The Balaban J connectivity index is 2.44. The van der Waals surface area contributed by atoms with E-state index in [9.17, 15) is 4.79 Å². The van der Waals surface area contributed by atoms with E-state index in [2.05, 4.69) is 13.2 Å². The number of carbonyl (C=O) groups excluding carboxylic acids is 1. The fourth-order valence-electron chi connectivity index (χ4n) is 1.33. The predicted molar refractivity (Wildman–Crippen MR) is 74.8 cm³/mol. The van der Waals surface area contributed by atoms with E-state index in [-0.39, 0.29) is 0 Å². The first-order valence-corrected chi connectivity index (χ1v) is 7.54. The maximum atomic E-state index is 10.8. The van der Waals surface area contributed by atoms with E-state index >= 15 is 0 Å². The minimum Gasteiger partial charge on any atom is -0.498 e. The lowest BCUT2D eigenvalue weighted by molar-refractivity contribution is 0.108. The Morgan fingerprint density at radius 1 is 1.35 bits per heavy atom. The maximum Gasteiger partial charge on any atom is 0.252 e. The molecule has 0 aliphatic carbocycles. The lowest BCUT2D eigenvalue weighted by Crippen LogP contribution is -2.10. The van der Waals surface area contributed by atoms with E-state index in [1.54, 1.807) is 24.3 Å². The van der Waals surface area contributed by atoms with Crippen molar-refractivity contribution in [2.24, 2.45) is 0 Å². The van der Waals surface area contributed by atoms with Crippen LogP contribution in [0.2, 0.25) is 5.54 Å². The molecule has 17 heavy (non-hydrogen) atoms. The van der Waals surface area contributed by atoms with Crippen molar-refractivity contribution in [3.63, 3.8) is 0 Å². The molecular formula is C13H15ClO2Si. The number of carbonyl (C=O) groups is 1. The van der Waals surface area contributed by atoms with Gasteiger partial charge in [-0.1, -0.05) is 12.2 Å². The minimum absolute atomic E-state index is 0.395. The van der Waals surface area contributed by atoms with Gasteiger partial charge in [-0.05, 0) is 41.4 Å². The summed E-state index contributed by atoms with van der Waals surface area (Å²) in [5, 5.41) is -0.454. The summed E-state index contributed by atoms with van der Waals surface area (Å²) < 4.78 is 5.59. The molecule has 0 unspecified atom stereocenters. The van der Waals surface area contributed by atoms with Gasteiger partial charge in [0.05, 0.1) is 15.7 Å². The van der Waals surface area contributed by atoms with Crippen LogP contribution in [-0.2, 0) is 0 Å². The average Bonchev–Trinajstić information content (AvgIpc) is 2.35. The van der Waals surface area contributed by atoms with Gasteiger partial charge >= 0.3 is 0 Å². The van der Waals surface area contributed by atoms with Gasteiger partial charge in [-0.25, -0.2) is 0 Å². The van der Waals surface area contributed by atoms with Gasteiger partial charge in [-0.15, -0.1) is 13.2 Å². The Kier molecular flexibility index (Phi) is 5.73. The lowest BCUT2D eigenvalue weighted by Gasteiger charge is -2.08. The number of hydrogen-bond donors (Lipinski definition) is 0. The van der Waals surface area contributed by atoms with Gasteiger partial charge in [0.2, 0.25) is 0 Å². The van der Waals surface area contributed by atoms with Crippen molar-refractivity contribution >= 4 is 26.4 Å². The van der Waals surface area contributed by atoms with Crippen molar-refractivity contribution in [3.05, 3.63) is 55.1 Å². The molecule has 0 saturated heterocycles. The quantitative estimate of drug-likeness (QED) is 0.431. The van der Waals surface area contributed by atoms with Crippen molar-refractivity contribution in [2.75, 3.05) is 6.23 Å². The summed E-state index contributed by atoms with van der Waals surface area (Å²) in [6.45, 7) is 7.49. The molecule has 1 aromatic carbocycles. The summed E-state index contributed by atoms with van der Waals surface area (Å²) in [6.07, 6.45) is 4.52. The summed E-state index contributed by atoms with van der Waals surface area (Å²) >= 11 is 5.34. The average molecular weight is 267 g/mol. The highest BCUT2D eigenvalue weighted by atomic mass is 35.5. The van der Waals surface area contributed by atoms with E-state index in [1.807, 2.05) is 12.2 Å². The number of benzene rings is 1. The minimum atomic E-state index is -0.454. The fraction of sp³-hybridized carbons (Fsp3) is 0.154. The van der Waals surface area contributed by atoms with Crippen molar-refractivity contribution in [1.82, 2.24) is 0 Å². The summed E-state index contributed by atoms with van der Waals surface area (Å²) in [6, 6.07) is 6.82. The molecule has 2 nitrogen and oxygen atoms in total. The molecule has 0 aliphatic rings. The molecule has 4 heteroatoms. The molecule has 0 fully saturated rings. The van der Waals surface area contributed by atoms with Crippen LogP contribution in [-0.4, -0.2) is 21.0 Å². The van der Waals surface area contributed by atoms with Gasteiger partial charge < -0.3 is 4.74 Å². The first-order valence-electron chi connectivity index (χ1n) is 5.35. The summed E-state index contributed by atoms with van der Waals surface area (Å²) in [7, 11) is -0.395. The van der Waals surface area contributed by atoms with Crippen LogP contribution >= 0.6 is 11.6 Å². The SMILES string of the molecule is C=CC(C=C)[SiH2]COc1ccc(C(=O)Cl)cc1. The molecule has 0 atom stereocenters. The van der Waals surface area contributed by atoms with E-state index in [4.69, 9.17) is 16.3 Å². The Hall–Kier alpha value is -1.32. The van der Waals surface area contributed by atoms with Crippen LogP contribution in [0.1, 0.15) is 10.4 Å². The fourth-order valence-corrected chi connectivity index (χ4v) is 2.55. The van der Waals surface area contributed by atoms with Crippen molar-refractivity contribution < 1.29 is 9.53 Å². The molecule has 0 aromatic heterocycles. The van der Waals surface area contributed by atoms with Gasteiger partial charge in [0.15, 0.2) is 0 Å². The molecular weight excluding hydrogens is 252 g/mol. The number of halogens is 1. The normalized spacial score (nSPS) is 10.7. The van der Waals surface area contributed by atoms with Gasteiger partial charge in [-0.3, -0.25) is 4.79 Å². The van der Waals surface area contributed by atoms with Crippen LogP contribution in [0, 0.1) is 0 Å². The van der Waals surface area contributed by atoms with Gasteiger partial charge in [0, 0.05) is 5.56 Å². The zero-order chi connectivity index (χ0) is 12.7. The van der Waals surface area contributed by atoms with Gasteiger partial charge in [-0.2, -0.15) is 0 Å². The van der Waals surface area contributed by atoms with Gasteiger partial charge in [0.25, 0.3) is 5.24 Å². The Morgan fingerprint density at radius 2 is 1.94 bits per heavy atom. The Morgan fingerprint density at radius 3 is 2.41 bits per heavy atom. The van der Waals surface area contributed by atoms with Crippen LogP contribution in [0.5, 0.6) is 5.75 Å². The third-order valence-corrected chi connectivity index (χ3v) is 4.40. The third kappa shape index (κ3) is 4.59. The second kappa shape index (κ2) is 7.09. The molecule has 0 bridgehead atoms. The molecule has 0 saturated carbocycles. The molecule has 0 spiro atoms. The van der Waals surface area contributed by atoms with Crippen LogP contribution in [0.3, 0.4) is 0 Å². The number of hydrogen-bond acceptors (Lipinski definition) is 2. The van der Waals surface area contributed by atoms with E-state index in [0.717, 1.165) is 12.0 Å². The predicted octanol–water partition coefficient (Wildman–Crippen LogP) is 2.73. The van der Waals surface area contributed by atoms with Crippen molar-refractivity contribution in [3.8, 4) is 5.75 Å². The van der Waals surface area contributed by atoms with Gasteiger partial charge in [0.1, 0.15) is 5.75 Å². The molecule has 1 aromatic rings. The highest BCUT2D eigenvalue weighted by Crippen LogP contribution is 2.14. The molecule has 0 aliphatic heterocycles. The largest absolute Gasteiger partial charge is 0.498 e. The smallest absolute Gasteiger partial charge is 0.252 e. The zero-order valence-electron chi connectivity index (χ0n) is 9.56. The number of ether oxygens (including phenoxy) is 1. The highest BCUT2D eigenvalue weighted by Gasteiger charge is 2.03. The van der Waals surface area contributed by atoms with E-state index < -0.39 is 14.8 Å². The summed E-state index contributed by atoms with van der Waals surface area (Å²) in [5.41, 5.74) is 0.880. The van der Waals surface area contributed by atoms with Crippen molar-refractivity contribution in [1.29, 1.82) is 0 Å². The summed E-state index contributed by atoms with van der Waals surface area (Å²) in [4.78, 5) is 10.8. The molecule has 0 heterocycles. The summed E-state index contributed by atoms with van der Waals surface area (Å²) in [5.74, 6) is 0.756. The van der Waals surface area contributed by atoms with Crippen LogP contribution in [0.4, 0.5) is 0 Å².